The van der Waals surface area contributed by atoms with Gasteiger partial charge in [0.25, 0.3) is 0 Å². The van der Waals surface area contributed by atoms with E-state index in [0.29, 0.717) is 13.2 Å². The van der Waals surface area contributed by atoms with E-state index in [1.54, 1.807) is 6.34 Å². The molecule has 0 radical (unpaired) electrons. The SMILES string of the molecule is CCONC1=CNC=NC1. The van der Waals surface area contributed by atoms with E-state index in [1.807, 2.05) is 13.1 Å². The molecule has 0 amide bonds. The first-order valence-corrected chi connectivity index (χ1v) is 3.24. The Morgan fingerprint density at radius 2 is 2.80 bits per heavy atom. The fourth-order valence-corrected chi connectivity index (χ4v) is 0.607. The number of hydrogen-bond acceptors (Lipinski definition) is 4. The van der Waals surface area contributed by atoms with Gasteiger partial charge in [0.1, 0.15) is 0 Å². The van der Waals surface area contributed by atoms with Crippen LogP contribution in [0.4, 0.5) is 0 Å². The molecule has 1 aliphatic heterocycles. The Labute approximate surface area is 59.9 Å². The molecule has 4 nitrogen and oxygen atoms in total. The van der Waals surface area contributed by atoms with Crippen LogP contribution in [0.5, 0.6) is 0 Å². The van der Waals surface area contributed by atoms with E-state index < -0.39 is 0 Å². The van der Waals surface area contributed by atoms with Crippen molar-refractivity contribution in [1.82, 2.24) is 10.8 Å². The number of nitrogens with one attached hydrogen (secondary N) is 2. The third-order valence-corrected chi connectivity index (χ3v) is 1.03. The van der Waals surface area contributed by atoms with Crippen LogP contribution in [0.3, 0.4) is 0 Å². The summed E-state index contributed by atoms with van der Waals surface area (Å²) in [7, 11) is 0. The molecule has 1 aliphatic rings. The molecule has 0 saturated heterocycles. The lowest BCUT2D eigenvalue weighted by Crippen LogP contribution is -2.22. The van der Waals surface area contributed by atoms with Crippen LogP contribution in [-0.4, -0.2) is 19.5 Å². The molecule has 0 atom stereocenters. The zero-order valence-electron chi connectivity index (χ0n) is 5.92. The van der Waals surface area contributed by atoms with Gasteiger partial charge < -0.3 is 5.32 Å². The molecule has 0 aromatic heterocycles. The maximum absolute atomic E-state index is 4.94. The van der Waals surface area contributed by atoms with E-state index in [-0.39, 0.29) is 0 Å². The van der Waals surface area contributed by atoms with Crippen molar-refractivity contribution in [3.8, 4) is 0 Å². The van der Waals surface area contributed by atoms with Gasteiger partial charge in [-0.05, 0) is 6.92 Å². The molecule has 0 spiro atoms. The second-order valence-corrected chi connectivity index (χ2v) is 1.84. The van der Waals surface area contributed by atoms with Crippen LogP contribution in [0.2, 0.25) is 0 Å². The minimum absolute atomic E-state index is 0.654. The summed E-state index contributed by atoms with van der Waals surface area (Å²) in [5.41, 5.74) is 3.70. The standard InChI is InChI=1S/C6H11N3O/c1-2-10-9-6-3-7-5-8-4-6/h3,5,9H,2,4H2,1H3,(H,7,8). The summed E-state index contributed by atoms with van der Waals surface area (Å²) in [6, 6.07) is 0. The van der Waals surface area contributed by atoms with E-state index >= 15 is 0 Å². The molecule has 1 heterocycles. The summed E-state index contributed by atoms with van der Waals surface area (Å²) in [6.45, 7) is 3.24. The lowest BCUT2D eigenvalue weighted by molar-refractivity contribution is 0.0723. The molecule has 1 rings (SSSR count). The molecule has 0 aromatic carbocycles. The smallest absolute Gasteiger partial charge is 0.0868 e. The van der Waals surface area contributed by atoms with Crippen molar-refractivity contribution in [2.45, 2.75) is 6.92 Å². The van der Waals surface area contributed by atoms with Crippen LogP contribution in [-0.2, 0) is 4.84 Å². The quantitative estimate of drug-likeness (QED) is 0.544. The first-order valence-electron chi connectivity index (χ1n) is 3.24. The van der Waals surface area contributed by atoms with Crippen LogP contribution in [0.25, 0.3) is 0 Å². The predicted octanol–water partition coefficient (Wildman–Crippen LogP) is 0.000400. The van der Waals surface area contributed by atoms with Gasteiger partial charge >= 0.3 is 0 Å². The highest BCUT2D eigenvalue weighted by Gasteiger charge is 1.95. The molecular formula is C6H11N3O. The minimum Gasteiger partial charge on any atom is -0.351 e. The van der Waals surface area contributed by atoms with Crippen LogP contribution in [0.1, 0.15) is 6.92 Å². The Morgan fingerprint density at radius 3 is 3.40 bits per heavy atom. The summed E-state index contributed by atoms with van der Waals surface area (Å²) in [5.74, 6) is 0. The zero-order chi connectivity index (χ0) is 7.23. The summed E-state index contributed by atoms with van der Waals surface area (Å²) in [6.07, 6.45) is 3.47. The van der Waals surface area contributed by atoms with Gasteiger partial charge in [0.15, 0.2) is 0 Å². The molecule has 0 saturated carbocycles. The van der Waals surface area contributed by atoms with Gasteiger partial charge in [-0.25, -0.2) is 0 Å². The van der Waals surface area contributed by atoms with Crippen LogP contribution >= 0.6 is 0 Å². The normalized spacial score (nSPS) is 15.9. The molecule has 0 unspecified atom stereocenters. The summed E-state index contributed by atoms with van der Waals surface area (Å²) >= 11 is 0. The Balaban J connectivity index is 2.21. The highest BCUT2D eigenvalue weighted by Crippen LogP contribution is 1.90. The van der Waals surface area contributed by atoms with Crippen LogP contribution in [0.15, 0.2) is 16.9 Å². The maximum Gasteiger partial charge on any atom is 0.0868 e. The molecule has 0 fully saturated rings. The lowest BCUT2D eigenvalue weighted by Gasteiger charge is -2.09. The molecule has 10 heavy (non-hydrogen) atoms. The van der Waals surface area contributed by atoms with Gasteiger partial charge in [-0.3, -0.25) is 15.3 Å². The topological polar surface area (TPSA) is 45.6 Å². The number of aliphatic imine (C=N–C) groups is 1. The van der Waals surface area contributed by atoms with Crippen molar-refractivity contribution in [2.24, 2.45) is 4.99 Å². The second kappa shape index (κ2) is 3.90. The Hall–Kier alpha value is -1.03. The van der Waals surface area contributed by atoms with E-state index in [4.69, 9.17) is 4.84 Å². The van der Waals surface area contributed by atoms with Crippen molar-refractivity contribution in [3.05, 3.63) is 11.9 Å². The first kappa shape index (κ1) is 7.08. The molecule has 0 bridgehead atoms. The Morgan fingerprint density at radius 1 is 1.90 bits per heavy atom. The lowest BCUT2D eigenvalue weighted by atomic mass is 10.4. The van der Waals surface area contributed by atoms with Gasteiger partial charge in [-0.1, -0.05) is 0 Å². The van der Waals surface area contributed by atoms with Crippen molar-refractivity contribution >= 4 is 6.34 Å². The number of hydroxylamine groups is 1. The van der Waals surface area contributed by atoms with Crippen LogP contribution in [0, 0.1) is 0 Å². The van der Waals surface area contributed by atoms with Crippen molar-refractivity contribution < 1.29 is 4.84 Å². The van der Waals surface area contributed by atoms with E-state index in [1.165, 1.54) is 0 Å². The second-order valence-electron chi connectivity index (χ2n) is 1.84. The fraction of sp³-hybridized carbons (Fsp3) is 0.500. The molecular weight excluding hydrogens is 130 g/mol. The molecule has 0 aromatic rings. The van der Waals surface area contributed by atoms with Gasteiger partial charge in [-0.2, -0.15) is 0 Å². The summed E-state index contributed by atoms with van der Waals surface area (Å²) in [4.78, 5) is 8.91. The number of hydrogen-bond donors (Lipinski definition) is 2. The predicted molar refractivity (Wildman–Crippen MR) is 39.3 cm³/mol. The number of rotatable bonds is 3. The fourth-order valence-electron chi connectivity index (χ4n) is 0.607. The third-order valence-electron chi connectivity index (χ3n) is 1.03. The molecule has 4 heteroatoms. The monoisotopic (exact) mass is 141 g/mol. The minimum atomic E-state index is 0.654. The average molecular weight is 141 g/mol. The zero-order valence-corrected chi connectivity index (χ0v) is 5.92. The first-order chi connectivity index (χ1) is 4.93. The van der Waals surface area contributed by atoms with Gasteiger partial charge in [-0.15, -0.1) is 0 Å². The Bertz CT molecular complexity index is 153. The number of nitrogens with zero attached hydrogens (tertiary/aromatic N) is 1. The summed E-state index contributed by atoms with van der Waals surface area (Å²) < 4.78 is 0. The summed E-state index contributed by atoms with van der Waals surface area (Å²) in [5, 5.41) is 2.85. The van der Waals surface area contributed by atoms with E-state index in [2.05, 4.69) is 15.8 Å². The largest absolute Gasteiger partial charge is 0.351 e. The highest BCUT2D eigenvalue weighted by molar-refractivity contribution is 5.57. The van der Waals surface area contributed by atoms with Crippen molar-refractivity contribution in [2.75, 3.05) is 13.2 Å². The highest BCUT2D eigenvalue weighted by atomic mass is 16.6. The molecule has 0 aliphatic carbocycles. The van der Waals surface area contributed by atoms with Crippen molar-refractivity contribution in [1.29, 1.82) is 0 Å². The van der Waals surface area contributed by atoms with Gasteiger partial charge in [0.2, 0.25) is 0 Å². The average Bonchev–Trinajstić information content (AvgIpc) is 2.03. The van der Waals surface area contributed by atoms with Gasteiger partial charge in [0.05, 0.1) is 25.2 Å². The molecule has 2 N–H and O–H groups in total. The molecule has 56 valence electrons. The van der Waals surface area contributed by atoms with Gasteiger partial charge in [0, 0.05) is 6.20 Å². The van der Waals surface area contributed by atoms with Crippen LogP contribution < -0.4 is 10.8 Å². The third kappa shape index (κ3) is 2.06. The van der Waals surface area contributed by atoms with E-state index in [0.717, 1.165) is 5.70 Å². The maximum atomic E-state index is 4.94. The van der Waals surface area contributed by atoms with Crippen molar-refractivity contribution in [3.63, 3.8) is 0 Å². The Kier molecular flexibility index (Phi) is 2.76. The van der Waals surface area contributed by atoms with E-state index in [9.17, 15) is 0 Å².